The normalized spacial score (nSPS) is 22.8. The second kappa shape index (κ2) is 2.81. The van der Waals surface area contributed by atoms with E-state index in [9.17, 15) is 0 Å². The summed E-state index contributed by atoms with van der Waals surface area (Å²) in [4.78, 5) is 0. The molecule has 12 heavy (non-hydrogen) atoms. The second-order valence-electron chi connectivity index (χ2n) is 4.07. The fourth-order valence-corrected chi connectivity index (χ4v) is 1.30. The lowest BCUT2D eigenvalue weighted by molar-refractivity contribution is 0.440. The van der Waals surface area contributed by atoms with Crippen molar-refractivity contribution in [1.29, 1.82) is 0 Å². The summed E-state index contributed by atoms with van der Waals surface area (Å²) in [5.41, 5.74) is 3.46. The van der Waals surface area contributed by atoms with E-state index in [0.717, 1.165) is 17.7 Å². The van der Waals surface area contributed by atoms with Crippen molar-refractivity contribution < 1.29 is 0 Å². The molecule has 0 saturated heterocycles. The summed E-state index contributed by atoms with van der Waals surface area (Å²) in [7, 11) is 0. The molecule has 66 valence electrons. The molecule has 0 amide bonds. The smallest absolute Gasteiger partial charge is 0.0235 e. The van der Waals surface area contributed by atoms with Gasteiger partial charge in [0.1, 0.15) is 0 Å². The highest BCUT2D eigenvalue weighted by Crippen LogP contribution is 2.31. The monoisotopic (exact) mass is 163 g/mol. The first-order valence-corrected chi connectivity index (χ1v) is 4.24. The molecule has 0 aliphatic carbocycles. The maximum Gasteiger partial charge on any atom is 0.0235 e. The molecule has 0 aromatic carbocycles. The topological polar surface area (TPSA) is 12.0 Å². The van der Waals surface area contributed by atoms with Crippen LogP contribution in [0.15, 0.2) is 36.1 Å². The molecule has 1 aliphatic heterocycles. The van der Waals surface area contributed by atoms with E-state index in [4.69, 9.17) is 0 Å². The lowest BCUT2D eigenvalue weighted by Crippen LogP contribution is -2.27. The molecule has 0 spiro atoms. The van der Waals surface area contributed by atoms with Gasteiger partial charge in [-0.3, -0.25) is 0 Å². The minimum atomic E-state index is 0.116. The third kappa shape index (κ3) is 1.60. The van der Waals surface area contributed by atoms with Crippen molar-refractivity contribution in [2.24, 2.45) is 5.41 Å². The van der Waals surface area contributed by atoms with E-state index in [1.807, 2.05) is 0 Å². The third-order valence-corrected chi connectivity index (χ3v) is 2.40. The van der Waals surface area contributed by atoms with E-state index < -0.39 is 0 Å². The van der Waals surface area contributed by atoms with Crippen LogP contribution in [0.25, 0.3) is 0 Å². The van der Waals surface area contributed by atoms with Gasteiger partial charge in [0.05, 0.1) is 0 Å². The van der Waals surface area contributed by atoms with Gasteiger partial charge in [-0.15, -0.1) is 0 Å². The van der Waals surface area contributed by atoms with E-state index in [-0.39, 0.29) is 5.41 Å². The fourth-order valence-electron chi connectivity index (χ4n) is 1.30. The first kappa shape index (κ1) is 9.11. The molecular weight excluding hydrogens is 146 g/mol. The van der Waals surface area contributed by atoms with Crippen LogP contribution in [0.1, 0.15) is 20.8 Å². The first-order valence-electron chi connectivity index (χ1n) is 4.24. The van der Waals surface area contributed by atoms with Crippen LogP contribution in [0, 0.1) is 5.41 Å². The van der Waals surface area contributed by atoms with Gasteiger partial charge < -0.3 is 5.32 Å². The van der Waals surface area contributed by atoms with Gasteiger partial charge in [0.15, 0.2) is 0 Å². The molecule has 1 rings (SSSR count). The van der Waals surface area contributed by atoms with E-state index in [1.165, 1.54) is 5.70 Å². The summed E-state index contributed by atoms with van der Waals surface area (Å²) in [5.74, 6) is 0. The van der Waals surface area contributed by atoms with Crippen LogP contribution in [0.2, 0.25) is 0 Å². The number of hydrogen-bond donors (Lipinski definition) is 1. The second-order valence-corrected chi connectivity index (χ2v) is 4.07. The molecule has 0 aromatic rings. The zero-order valence-corrected chi connectivity index (χ0v) is 8.20. The Labute approximate surface area is 74.9 Å². The van der Waals surface area contributed by atoms with Gasteiger partial charge in [0.25, 0.3) is 0 Å². The zero-order chi connectivity index (χ0) is 9.35. The van der Waals surface area contributed by atoms with Crippen molar-refractivity contribution >= 4 is 0 Å². The molecule has 1 aliphatic rings. The molecule has 0 saturated carbocycles. The van der Waals surface area contributed by atoms with Gasteiger partial charge >= 0.3 is 0 Å². The summed E-state index contributed by atoms with van der Waals surface area (Å²) in [6.07, 6.45) is 2.05. The predicted octanol–water partition coefficient (Wildman–Crippen LogP) is 2.63. The van der Waals surface area contributed by atoms with Crippen molar-refractivity contribution in [3.05, 3.63) is 36.1 Å². The average molecular weight is 163 g/mol. The number of allylic oxidation sites excluding steroid dienone is 3. The quantitative estimate of drug-likeness (QED) is 0.579. The van der Waals surface area contributed by atoms with Crippen LogP contribution in [0.5, 0.6) is 0 Å². The van der Waals surface area contributed by atoms with Crippen LogP contribution in [-0.4, -0.2) is 6.54 Å². The van der Waals surface area contributed by atoms with Crippen LogP contribution in [0.3, 0.4) is 0 Å². The molecule has 1 N–H and O–H groups in total. The van der Waals surface area contributed by atoms with Gasteiger partial charge in [0, 0.05) is 17.7 Å². The van der Waals surface area contributed by atoms with Crippen molar-refractivity contribution in [1.82, 2.24) is 5.32 Å². The van der Waals surface area contributed by atoms with E-state index >= 15 is 0 Å². The lowest BCUT2D eigenvalue weighted by atomic mass is 9.82. The summed E-state index contributed by atoms with van der Waals surface area (Å²) in [6.45, 7) is 15.4. The maximum absolute atomic E-state index is 4.06. The van der Waals surface area contributed by atoms with Crippen molar-refractivity contribution in [3.8, 4) is 0 Å². The van der Waals surface area contributed by atoms with Crippen LogP contribution >= 0.6 is 0 Å². The molecule has 0 aromatic heterocycles. The Morgan fingerprint density at radius 3 is 2.58 bits per heavy atom. The maximum atomic E-state index is 4.06. The van der Waals surface area contributed by atoms with Gasteiger partial charge in [-0.25, -0.2) is 0 Å². The minimum absolute atomic E-state index is 0.116. The zero-order valence-electron chi connectivity index (χ0n) is 8.20. The Bertz CT molecular complexity index is 256. The first-order chi connectivity index (χ1) is 5.43. The Balaban J connectivity index is 2.98. The number of hydrogen-bond acceptors (Lipinski definition) is 1. The lowest BCUT2D eigenvalue weighted by Gasteiger charge is -2.25. The standard InChI is InChI=1S/C11H17N/c1-8-6-9(2)12-7-11(4,5)10(8)3/h6,12H,1,3,7H2,2,4-5H3. The van der Waals surface area contributed by atoms with Gasteiger partial charge in [0.2, 0.25) is 0 Å². The van der Waals surface area contributed by atoms with Crippen molar-refractivity contribution in [2.75, 3.05) is 6.54 Å². The van der Waals surface area contributed by atoms with E-state index in [0.29, 0.717) is 0 Å². The molecule has 1 heteroatoms. The SMILES string of the molecule is C=C1C=C(C)NCC(C)(C)C1=C. The Morgan fingerprint density at radius 1 is 1.42 bits per heavy atom. The third-order valence-electron chi connectivity index (χ3n) is 2.40. The predicted molar refractivity (Wildman–Crippen MR) is 53.8 cm³/mol. The molecule has 0 fully saturated rings. The van der Waals surface area contributed by atoms with Crippen LogP contribution < -0.4 is 5.32 Å². The van der Waals surface area contributed by atoms with Gasteiger partial charge in [-0.2, -0.15) is 0 Å². The van der Waals surface area contributed by atoms with Gasteiger partial charge in [-0.1, -0.05) is 27.0 Å². The number of rotatable bonds is 0. The fraction of sp³-hybridized carbons (Fsp3) is 0.455. The summed E-state index contributed by atoms with van der Waals surface area (Å²) in [6, 6.07) is 0. The van der Waals surface area contributed by atoms with Crippen molar-refractivity contribution in [3.63, 3.8) is 0 Å². The molecule has 1 heterocycles. The average Bonchev–Trinajstić information content (AvgIpc) is 2.04. The van der Waals surface area contributed by atoms with E-state index in [2.05, 4.69) is 45.3 Å². The van der Waals surface area contributed by atoms with Crippen LogP contribution in [0.4, 0.5) is 0 Å². The molecule has 0 bridgehead atoms. The Kier molecular flexibility index (Phi) is 2.14. The highest BCUT2D eigenvalue weighted by molar-refractivity contribution is 5.42. The minimum Gasteiger partial charge on any atom is -0.388 e. The number of nitrogens with one attached hydrogen (secondary N) is 1. The van der Waals surface area contributed by atoms with Gasteiger partial charge in [-0.05, 0) is 24.1 Å². The summed E-state index contributed by atoms with van der Waals surface area (Å²) in [5, 5.41) is 3.34. The highest BCUT2D eigenvalue weighted by Gasteiger charge is 2.24. The summed E-state index contributed by atoms with van der Waals surface area (Å²) < 4.78 is 0. The summed E-state index contributed by atoms with van der Waals surface area (Å²) >= 11 is 0. The van der Waals surface area contributed by atoms with Crippen LogP contribution in [-0.2, 0) is 0 Å². The molecule has 1 nitrogen and oxygen atoms in total. The molecular formula is C11H17N. The van der Waals surface area contributed by atoms with Crippen molar-refractivity contribution in [2.45, 2.75) is 20.8 Å². The molecule has 0 radical (unpaired) electrons. The molecule has 0 atom stereocenters. The largest absolute Gasteiger partial charge is 0.388 e. The Hall–Kier alpha value is -0.980. The Morgan fingerprint density at radius 2 is 2.00 bits per heavy atom. The highest BCUT2D eigenvalue weighted by atomic mass is 14.9. The molecule has 0 unspecified atom stereocenters. The van der Waals surface area contributed by atoms with E-state index in [1.54, 1.807) is 0 Å².